The number of anilines is 1. The third-order valence-corrected chi connectivity index (χ3v) is 3.36. The molecule has 0 saturated carbocycles. The molecule has 5 nitrogen and oxygen atoms in total. The predicted octanol–water partition coefficient (Wildman–Crippen LogP) is 0.909. The highest BCUT2D eigenvalue weighted by atomic mass is 32.2. The molecular weight excluding hydrogens is 238 g/mol. The lowest BCUT2D eigenvalue weighted by molar-refractivity contribution is -0.117. The minimum atomic E-state index is -0.460. The Kier molecular flexibility index (Phi) is 3.65. The Morgan fingerprint density at radius 1 is 1.53 bits per heavy atom. The third kappa shape index (κ3) is 2.78. The Balaban J connectivity index is 2.05. The van der Waals surface area contributed by atoms with Crippen molar-refractivity contribution >= 4 is 28.6 Å². The van der Waals surface area contributed by atoms with Crippen molar-refractivity contribution in [2.75, 3.05) is 11.1 Å². The molecule has 1 aliphatic rings. The van der Waals surface area contributed by atoms with Crippen molar-refractivity contribution in [1.82, 2.24) is 5.32 Å². The van der Waals surface area contributed by atoms with Gasteiger partial charge in [-0.3, -0.25) is 9.59 Å². The number of thioether (sulfide) groups is 1. The predicted molar refractivity (Wildman–Crippen MR) is 67.7 cm³/mol. The molecule has 1 aromatic carbocycles. The molecule has 1 unspecified atom stereocenters. The van der Waals surface area contributed by atoms with Gasteiger partial charge in [-0.2, -0.15) is 0 Å². The van der Waals surface area contributed by atoms with E-state index in [9.17, 15) is 9.59 Å². The molecule has 0 radical (unpaired) electrons. The van der Waals surface area contributed by atoms with Crippen molar-refractivity contribution < 1.29 is 9.59 Å². The van der Waals surface area contributed by atoms with Crippen LogP contribution in [0.2, 0.25) is 0 Å². The van der Waals surface area contributed by atoms with Gasteiger partial charge in [0.25, 0.3) is 5.24 Å². The van der Waals surface area contributed by atoms with Gasteiger partial charge in [-0.15, -0.1) is 0 Å². The van der Waals surface area contributed by atoms with E-state index in [1.54, 1.807) is 6.07 Å². The van der Waals surface area contributed by atoms with E-state index in [1.165, 1.54) is 0 Å². The summed E-state index contributed by atoms with van der Waals surface area (Å²) in [5.41, 5.74) is 7.15. The molecule has 6 heteroatoms. The summed E-state index contributed by atoms with van der Waals surface area (Å²) in [6.45, 7) is 0.363. The maximum absolute atomic E-state index is 11.8. The van der Waals surface area contributed by atoms with Crippen molar-refractivity contribution in [3.63, 3.8) is 0 Å². The number of carbonyl (C=O) groups is 2. The number of amides is 2. The van der Waals surface area contributed by atoms with Crippen LogP contribution in [0.4, 0.5) is 10.5 Å². The van der Waals surface area contributed by atoms with Gasteiger partial charge in [0.1, 0.15) is 6.04 Å². The SMILES string of the molecule is NCc1ccccc1NC(=O)C1CSC(=O)N1. The number of carbonyl (C=O) groups excluding carboxylic acids is 2. The number of nitrogens with one attached hydrogen (secondary N) is 2. The van der Waals surface area contributed by atoms with E-state index < -0.39 is 6.04 Å². The van der Waals surface area contributed by atoms with E-state index in [0.717, 1.165) is 17.3 Å². The molecule has 0 aromatic heterocycles. The lowest BCUT2D eigenvalue weighted by Gasteiger charge is -2.12. The van der Waals surface area contributed by atoms with Crippen LogP contribution in [-0.4, -0.2) is 22.9 Å². The van der Waals surface area contributed by atoms with Gasteiger partial charge in [-0.05, 0) is 11.6 Å². The topological polar surface area (TPSA) is 84.2 Å². The largest absolute Gasteiger partial charge is 0.334 e. The zero-order valence-electron chi connectivity index (χ0n) is 9.10. The van der Waals surface area contributed by atoms with Crippen molar-refractivity contribution in [3.8, 4) is 0 Å². The second-order valence-corrected chi connectivity index (χ2v) is 4.64. The Morgan fingerprint density at radius 3 is 2.94 bits per heavy atom. The average Bonchev–Trinajstić information content (AvgIpc) is 2.77. The first-order valence-corrected chi connectivity index (χ1v) is 6.21. The van der Waals surface area contributed by atoms with Crippen molar-refractivity contribution in [3.05, 3.63) is 29.8 Å². The molecule has 0 bridgehead atoms. The Bertz CT molecular complexity index is 450. The van der Waals surface area contributed by atoms with Crippen LogP contribution in [0.3, 0.4) is 0 Å². The highest BCUT2D eigenvalue weighted by Gasteiger charge is 2.28. The molecule has 1 heterocycles. The number of benzene rings is 1. The number of para-hydroxylation sites is 1. The maximum atomic E-state index is 11.8. The summed E-state index contributed by atoms with van der Waals surface area (Å²) in [5, 5.41) is 5.21. The minimum Gasteiger partial charge on any atom is -0.334 e. The van der Waals surface area contributed by atoms with Gasteiger partial charge in [-0.1, -0.05) is 30.0 Å². The van der Waals surface area contributed by atoms with E-state index in [-0.39, 0.29) is 11.1 Å². The van der Waals surface area contributed by atoms with E-state index in [0.29, 0.717) is 18.0 Å². The molecule has 4 N–H and O–H groups in total. The molecule has 90 valence electrons. The first-order chi connectivity index (χ1) is 8.20. The lowest BCUT2D eigenvalue weighted by Crippen LogP contribution is -2.38. The monoisotopic (exact) mass is 251 g/mol. The van der Waals surface area contributed by atoms with Crippen molar-refractivity contribution in [2.45, 2.75) is 12.6 Å². The summed E-state index contributed by atoms with van der Waals surface area (Å²) in [6, 6.07) is 6.89. The zero-order chi connectivity index (χ0) is 12.3. The fraction of sp³-hybridized carbons (Fsp3) is 0.273. The summed E-state index contributed by atoms with van der Waals surface area (Å²) < 4.78 is 0. The molecular formula is C11H13N3O2S. The number of rotatable bonds is 3. The maximum Gasteiger partial charge on any atom is 0.279 e. The van der Waals surface area contributed by atoms with Crippen LogP contribution in [0.5, 0.6) is 0 Å². The van der Waals surface area contributed by atoms with Crippen LogP contribution >= 0.6 is 11.8 Å². The third-order valence-electron chi connectivity index (χ3n) is 2.48. The standard InChI is InChI=1S/C11H13N3O2S/c12-5-7-3-1-2-4-8(7)13-10(15)9-6-17-11(16)14-9/h1-4,9H,5-6,12H2,(H,13,15)(H,14,16). The van der Waals surface area contributed by atoms with Crippen LogP contribution < -0.4 is 16.4 Å². The Morgan fingerprint density at radius 2 is 2.29 bits per heavy atom. The highest BCUT2D eigenvalue weighted by molar-refractivity contribution is 8.14. The van der Waals surface area contributed by atoms with Crippen molar-refractivity contribution in [2.24, 2.45) is 5.73 Å². The van der Waals surface area contributed by atoms with E-state index >= 15 is 0 Å². The molecule has 1 aliphatic heterocycles. The number of nitrogens with two attached hydrogens (primary N) is 1. The number of hydrogen-bond acceptors (Lipinski definition) is 4. The van der Waals surface area contributed by atoms with Crippen LogP contribution in [-0.2, 0) is 11.3 Å². The molecule has 0 spiro atoms. The highest BCUT2D eigenvalue weighted by Crippen LogP contribution is 2.17. The first kappa shape index (κ1) is 11.9. The lowest BCUT2D eigenvalue weighted by atomic mass is 10.1. The van der Waals surface area contributed by atoms with Gasteiger partial charge < -0.3 is 16.4 Å². The van der Waals surface area contributed by atoms with Gasteiger partial charge in [0.15, 0.2) is 0 Å². The fourth-order valence-electron chi connectivity index (χ4n) is 1.57. The van der Waals surface area contributed by atoms with Gasteiger partial charge in [-0.25, -0.2) is 0 Å². The molecule has 1 aromatic rings. The average molecular weight is 251 g/mol. The first-order valence-electron chi connectivity index (χ1n) is 5.23. The molecule has 1 atom stereocenters. The summed E-state index contributed by atoms with van der Waals surface area (Å²) in [5.74, 6) is 0.263. The summed E-state index contributed by atoms with van der Waals surface area (Å²) >= 11 is 1.12. The van der Waals surface area contributed by atoms with E-state index in [2.05, 4.69) is 10.6 Å². The van der Waals surface area contributed by atoms with Gasteiger partial charge in [0.05, 0.1) is 0 Å². The van der Waals surface area contributed by atoms with Crippen LogP contribution in [0.1, 0.15) is 5.56 Å². The fourth-order valence-corrected chi connectivity index (χ4v) is 2.34. The second kappa shape index (κ2) is 5.20. The summed E-state index contributed by atoms with van der Waals surface area (Å²) in [4.78, 5) is 22.8. The minimum absolute atomic E-state index is 0.155. The molecule has 1 fully saturated rings. The quantitative estimate of drug-likeness (QED) is 0.745. The molecule has 2 amide bonds. The van der Waals surface area contributed by atoms with Crippen LogP contribution in [0.15, 0.2) is 24.3 Å². The van der Waals surface area contributed by atoms with E-state index in [1.807, 2.05) is 18.2 Å². The molecule has 2 rings (SSSR count). The molecule has 17 heavy (non-hydrogen) atoms. The van der Waals surface area contributed by atoms with Gasteiger partial charge >= 0.3 is 0 Å². The number of hydrogen-bond donors (Lipinski definition) is 3. The summed E-state index contributed by atoms with van der Waals surface area (Å²) in [7, 11) is 0. The zero-order valence-corrected chi connectivity index (χ0v) is 9.92. The smallest absolute Gasteiger partial charge is 0.279 e. The van der Waals surface area contributed by atoms with Crippen LogP contribution in [0.25, 0.3) is 0 Å². The Labute approximate surface area is 103 Å². The van der Waals surface area contributed by atoms with Crippen LogP contribution in [0, 0.1) is 0 Å². The van der Waals surface area contributed by atoms with Crippen molar-refractivity contribution in [1.29, 1.82) is 0 Å². The molecule has 1 saturated heterocycles. The Hall–Kier alpha value is -1.53. The second-order valence-electron chi connectivity index (χ2n) is 3.65. The van der Waals surface area contributed by atoms with E-state index in [4.69, 9.17) is 5.73 Å². The normalized spacial score (nSPS) is 18.9. The van der Waals surface area contributed by atoms with Gasteiger partial charge in [0, 0.05) is 18.0 Å². The molecule has 0 aliphatic carbocycles. The summed E-state index contributed by atoms with van der Waals surface area (Å²) in [6.07, 6.45) is 0. The van der Waals surface area contributed by atoms with Gasteiger partial charge in [0.2, 0.25) is 5.91 Å².